The minimum atomic E-state index is -0.0256. The van der Waals surface area contributed by atoms with E-state index in [2.05, 4.69) is 11.0 Å². The molecule has 30 heavy (non-hydrogen) atoms. The Morgan fingerprint density at radius 3 is 2.57 bits per heavy atom. The highest BCUT2D eigenvalue weighted by molar-refractivity contribution is 7.22. The molecule has 0 aliphatic heterocycles. The third kappa shape index (κ3) is 4.33. The predicted octanol–water partition coefficient (Wildman–Crippen LogP) is 6.01. The molecular formula is C24H24ClN3OS. The van der Waals surface area contributed by atoms with Crippen molar-refractivity contribution in [3.63, 3.8) is 0 Å². The minimum absolute atomic E-state index is 0.0256. The van der Waals surface area contributed by atoms with E-state index in [9.17, 15) is 4.79 Å². The molecule has 6 heteroatoms. The number of hydrogen-bond donors (Lipinski definition) is 0. The first kappa shape index (κ1) is 20.8. The zero-order valence-electron chi connectivity index (χ0n) is 17.4. The molecular weight excluding hydrogens is 414 g/mol. The first-order valence-corrected chi connectivity index (χ1v) is 11.1. The van der Waals surface area contributed by atoms with E-state index >= 15 is 0 Å². The zero-order valence-corrected chi connectivity index (χ0v) is 18.9. The molecule has 0 radical (unpaired) electrons. The summed E-state index contributed by atoms with van der Waals surface area (Å²) in [6, 6.07) is 17.8. The highest BCUT2D eigenvalue weighted by Gasteiger charge is 2.22. The van der Waals surface area contributed by atoms with Crippen molar-refractivity contribution in [2.45, 2.75) is 13.3 Å². The van der Waals surface area contributed by atoms with Gasteiger partial charge < -0.3 is 4.90 Å². The number of hydrogen-bond acceptors (Lipinski definition) is 4. The van der Waals surface area contributed by atoms with E-state index in [1.165, 1.54) is 11.3 Å². The van der Waals surface area contributed by atoms with Crippen molar-refractivity contribution in [1.29, 1.82) is 0 Å². The monoisotopic (exact) mass is 437 g/mol. The summed E-state index contributed by atoms with van der Waals surface area (Å²) in [7, 11) is 4.08. The van der Waals surface area contributed by atoms with Crippen LogP contribution in [0.4, 0.5) is 5.13 Å². The molecule has 0 saturated heterocycles. The average Bonchev–Trinajstić information content (AvgIpc) is 3.14. The van der Waals surface area contributed by atoms with Gasteiger partial charge in [0.15, 0.2) is 5.13 Å². The second kappa shape index (κ2) is 8.72. The van der Waals surface area contributed by atoms with Crippen molar-refractivity contribution in [2.75, 3.05) is 32.1 Å². The van der Waals surface area contributed by atoms with Crippen LogP contribution in [0.3, 0.4) is 0 Å². The van der Waals surface area contributed by atoms with Crippen molar-refractivity contribution in [3.8, 4) is 0 Å². The summed E-state index contributed by atoms with van der Waals surface area (Å²) in [5.74, 6) is -0.0256. The standard InChI is InChI=1S/C24H24ClN3OS/c1-16-13-20(25)15-21-22(16)26-24(30-21)28(12-6-11-27(2)3)23(29)19-10-9-17-7-4-5-8-18(17)14-19/h4-5,7-10,13-15H,6,11-12H2,1-3H3. The normalized spacial score (nSPS) is 11.5. The molecule has 154 valence electrons. The van der Waals surface area contributed by atoms with Gasteiger partial charge in [-0.3, -0.25) is 9.69 Å². The summed E-state index contributed by atoms with van der Waals surface area (Å²) < 4.78 is 0.999. The van der Waals surface area contributed by atoms with Crippen molar-refractivity contribution < 1.29 is 4.79 Å². The fourth-order valence-electron chi connectivity index (χ4n) is 3.57. The molecule has 1 heterocycles. The molecule has 0 fully saturated rings. The van der Waals surface area contributed by atoms with Crippen molar-refractivity contribution in [3.05, 3.63) is 70.7 Å². The highest BCUT2D eigenvalue weighted by Crippen LogP contribution is 2.34. The number of nitrogens with zero attached hydrogens (tertiary/aromatic N) is 3. The van der Waals surface area contributed by atoms with Crippen LogP contribution in [0.25, 0.3) is 21.0 Å². The van der Waals surface area contributed by atoms with E-state index in [1.807, 2.05) is 74.4 Å². The van der Waals surface area contributed by atoms with E-state index in [1.54, 1.807) is 0 Å². The Kier molecular flexibility index (Phi) is 6.04. The largest absolute Gasteiger partial charge is 0.309 e. The Morgan fingerprint density at radius 1 is 1.03 bits per heavy atom. The molecule has 0 atom stereocenters. The van der Waals surface area contributed by atoms with Crippen LogP contribution >= 0.6 is 22.9 Å². The Balaban J connectivity index is 1.73. The number of aromatic nitrogens is 1. The van der Waals surface area contributed by atoms with E-state index in [4.69, 9.17) is 16.6 Å². The first-order valence-electron chi connectivity index (χ1n) is 9.94. The average molecular weight is 438 g/mol. The fourth-order valence-corrected chi connectivity index (χ4v) is 5.01. The molecule has 4 rings (SSSR count). The van der Waals surface area contributed by atoms with Gasteiger partial charge in [0.1, 0.15) is 0 Å². The zero-order chi connectivity index (χ0) is 21.3. The highest BCUT2D eigenvalue weighted by atomic mass is 35.5. The Hall–Kier alpha value is -2.47. The molecule has 3 aromatic carbocycles. The van der Waals surface area contributed by atoms with E-state index in [0.717, 1.165) is 39.5 Å². The minimum Gasteiger partial charge on any atom is -0.309 e. The number of anilines is 1. The lowest BCUT2D eigenvalue weighted by Crippen LogP contribution is -2.33. The Labute approximate surface area is 185 Å². The van der Waals surface area contributed by atoms with Crippen LogP contribution in [-0.4, -0.2) is 43.0 Å². The quantitative estimate of drug-likeness (QED) is 0.370. The molecule has 0 aliphatic rings. The smallest absolute Gasteiger partial charge is 0.260 e. The van der Waals surface area contributed by atoms with Crippen LogP contribution in [0.5, 0.6) is 0 Å². The molecule has 4 nitrogen and oxygen atoms in total. The van der Waals surface area contributed by atoms with Gasteiger partial charge in [-0.1, -0.05) is 53.3 Å². The van der Waals surface area contributed by atoms with Gasteiger partial charge in [0.25, 0.3) is 5.91 Å². The van der Waals surface area contributed by atoms with Gasteiger partial charge in [-0.05, 0) is 74.6 Å². The van der Waals surface area contributed by atoms with Gasteiger partial charge in [0.05, 0.1) is 10.2 Å². The second-order valence-electron chi connectivity index (χ2n) is 7.74. The summed E-state index contributed by atoms with van der Waals surface area (Å²) in [5.41, 5.74) is 2.60. The van der Waals surface area contributed by atoms with Gasteiger partial charge >= 0.3 is 0 Å². The van der Waals surface area contributed by atoms with Crippen molar-refractivity contribution in [2.24, 2.45) is 0 Å². The SMILES string of the molecule is Cc1cc(Cl)cc2sc(N(CCCN(C)C)C(=O)c3ccc4ccccc4c3)nc12. The number of aryl methyl sites for hydroxylation is 1. The lowest BCUT2D eigenvalue weighted by Gasteiger charge is -2.21. The summed E-state index contributed by atoms with van der Waals surface area (Å²) in [6.07, 6.45) is 0.863. The second-order valence-corrected chi connectivity index (χ2v) is 9.19. The van der Waals surface area contributed by atoms with Gasteiger partial charge in [0.2, 0.25) is 0 Å². The number of fused-ring (bicyclic) bond motifs is 2. The lowest BCUT2D eigenvalue weighted by atomic mass is 10.1. The van der Waals surface area contributed by atoms with Crippen molar-refractivity contribution in [1.82, 2.24) is 9.88 Å². The van der Waals surface area contributed by atoms with Crippen LogP contribution in [0.2, 0.25) is 5.02 Å². The van der Waals surface area contributed by atoms with Crippen LogP contribution in [0, 0.1) is 6.92 Å². The molecule has 0 spiro atoms. The number of carbonyl (C=O) groups excluding carboxylic acids is 1. The Bertz CT molecular complexity index is 1220. The van der Waals surface area contributed by atoms with Crippen LogP contribution in [0.15, 0.2) is 54.6 Å². The first-order chi connectivity index (χ1) is 14.4. The number of rotatable bonds is 6. The number of thiazole rings is 1. The molecule has 0 bridgehead atoms. The Morgan fingerprint density at radius 2 is 1.80 bits per heavy atom. The summed E-state index contributed by atoms with van der Waals surface area (Å²) in [4.78, 5) is 22.3. The summed E-state index contributed by atoms with van der Waals surface area (Å²) in [6.45, 7) is 3.51. The fraction of sp³-hybridized carbons (Fsp3) is 0.250. The molecule has 0 unspecified atom stereocenters. The third-order valence-corrected chi connectivity index (χ3v) is 6.34. The van der Waals surface area contributed by atoms with E-state index in [-0.39, 0.29) is 5.91 Å². The third-order valence-electron chi connectivity index (χ3n) is 5.10. The summed E-state index contributed by atoms with van der Waals surface area (Å²) >= 11 is 7.75. The molecule has 1 amide bonds. The lowest BCUT2D eigenvalue weighted by molar-refractivity contribution is 0.0986. The van der Waals surface area contributed by atoms with Gasteiger partial charge in [0, 0.05) is 17.1 Å². The molecule has 4 aromatic rings. The van der Waals surface area contributed by atoms with Gasteiger partial charge in [-0.25, -0.2) is 4.98 Å². The van der Waals surface area contributed by atoms with E-state index < -0.39 is 0 Å². The molecule has 0 N–H and O–H groups in total. The number of carbonyl (C=O) groups is 1. The van der Waals surface area contributed by atoms with Gasteiger partial charge in [-0.2, -0.15) is 0 Å². The maximum Gasteiger partial charge on any atom is 0.260 e. The summed E-state index contributed by atoms with van der Waals surface area (Å²) in [5, 5.41) is 3.59. The van der Waals surface area contributed by atoms with Crippen LogP contribution < -0.4 is 4.90 Å². The topological polar surface area (TPSA) is 36.4 Å². The maximum atomic E-state index is 13.5. The molecule has 0 saturated carbocycles. The van der Waals surface area contributed by atoms with E-state index in [0.29, 0.717) is 22.3 Å². The molecule has 1 aromatic heterocycles. The number of halogens is 1. The van der Waals surface area contributed by atoms with Gasteiger partial charge in [-0.15, -0.1) is 0 Å². The number of benzene rings is 3. The molecule has 0 aliphatic carbocycles. The van der Waals surface area contributed by atoms with Crippen LogP contribution in [0.1, 0.15) is 22.3 Å². The van der Waals surface area contributed by atoms with Crippen LogP contribution in [-0.2, 0) is 0 Å². The number of amides is 1. The predicted molar refractivity (Wildman–Crippen MR) is 128 cm³/mol. The van der Waals surface area contributed by atoms with Crippen molar-refractivity contribution >= 4 is 55.0 Å². The maximum absolute atomic E-state index is 13.5.